The average molecular weight is 469 g/mol. The van der Waals surface area contributed by atoms with E-state index in [0.717, 1.165) is 29.6 Å². The Bertz CT molecular complexity index is 1140. The molecular formula is C20H19F3N4O2S2. The summed E-state index contributed by atoms with van der Waals surface area (Å²) < 4.78 is 65.9. The summed E-state index contributed by atoms with van der Waals surface area (Å²) >= 11 is 0.828. The van der Waals surface area contributed by atoms with Gasteiger partial charge in [0.2, 0.25) is 4.34 Å². The van der Waals surface area contributed by atoms with E-state index in [9.17, 15) is 21.6 Å². The SMILES string of the molecule is O=S(=O)(c1cc(C(F)(F)F)c(N[C@H]2CCN(Cc3ccccc3)C2)cn1)c1nccs1. The maximum absolute atomic E-state index is 13.7. The maximum Gasteiger partial charge on any atom is 0.418 e. The number of alkyl halides is 3. The van der Waals surface area contributed by atoms with E-state index >= 15 is 0 Å². The Balaban J connectivity index is 1.53. The predicted octanol–water partition coefficient (Wildman–Crippen LogP) is 4.08. The van der Waals surface area contributed by atoms with E-state index in [-0.39, 0.29) is 16.1 Å². The lowest BCUT2D eigenvalue weighted by Gasteiger charge is -2.20. The van der Waals surface area contributed by atoms with Gasteiger partial charge in [0.1, 0.15) is 0 Å². The molecule has 0 radical (unpaired) electrons. The molecule has 1 fully saturated rings. The van der Waals surface area contributed by atoms with Crippen molar-refractivity contribution in [1.82, 2.24) is 14.9 Å². The smallest absolute Gasteiger partial charge is 0.379 e. The van der Waals surface area contributed by atoms with Crippen LogP contribution in [-0.4, -0.2) is 42.4 Å². The summed E-state index contributed by atoms with van der Waals surface area (Å²) in [6.45, 7) is 2.04. The van der Waals surface area contributed by atoms with Gasteiger partial charge in [-0.1, -0.05) is 30.3 Å². The highest BCUT2D eigenvalue weighted by Gasteiger charge is 2.37. The zero-order chi connectivity index (χ0) is 22.1. The van der Waals surface area contributed by atoms with Crippen molar-refractivity contribution in [3.63, 3.8) is 0 Å². The fraction of sp³-hybridized carbons (Fsp3) is 0.300. The van der Waals surface area contributed by atoms with Crippen molar-refractivity contribution >= 4 is 26.9 Å². The number of nitrogens with zero attached hydrogens (tertiary/aromatic N) is 3. The van der Waals surface area contributed by atoms with Crippen LogP contribution in [0.2, 0.25) is 0 Å². The molecule has 1 aliphatic rings. The molecule has 1 atom stereocenters. The highest BCUT2D eigenvalue weighted by molar-refractivity contribution is 7.93. The molecular weight excluding hydrogens is 449 g/mol. The fourth-order valence-corrected chi connectivity index (χ4v) is 5.65. The summed E-state index contributed by atoms with van der Waals surface area (Å²) in [5.41, 5.74) is -0.145. The van der Waals surface area contributed by atoms with Crippen LogP contribution in [0.15, 0.2) is 63.5 Å². The Labute approximate surface area is 181 Å². The number of halogens is 3. The molecule has 164 valence electrons. The second kappa shape index (κ2) is 8.56. The number of hydrogen-bond acceptors (Lipinski definition) is 7. The van der Waals surface area contributed by atoms with Gasteiger partial charge >= 0.3 is 6.18 Å². The molecule has 3 aromatic rings. The number of pyridine rings is 1. The third kappa shape index (κ3) is 4.89. The van der Waals surface area contributed by atoms with Crippen molar-refractivity contribution in [2.75, 3.05) is 18.4 Å². The van der Waals surface area contributed by atoms with Gasteiger partial charge in [0.05, 0.1) is 17.4 Å². The zero-order valence-corrected chi connectivity index (χ0v) is 17.8. The Morgan fingerprint density at radius 2 is 1.97 bits per heavy atom. The standard InChI is InChI=1S/C20H19F3N4O2S2/c21-20(22,23)16-10-18(31(28,29)19-24-7-9-30-19)25-11-17(16)26-15-6-8-27(13-15)12-14-4-2-1-3-5-14/h1-5,7,9-11,15,26H,6,8,12-13H2/t15-/m0/s1. The maximum atomic E-state index is 13.7. The largest absolute Gasteiger partial charge is 0.418 e. The lowest BCUT2D eigenvalue weighted by molar-refractivity contribution is -0.137. The van der Waals surface area contributed by atoms with Gasteiger partial charge in [-0.05, 0) is 18.1 Å². The normalized spacial score (nSPS) is 17.7. The van der Waals surface area contributed by atoms with Gasteiger partial charge in [-0.25, -0.2) is 18.4 Å². The molecule has 4 rings (SSSR count). The highest BCUT2D eigenvalue weighted by Crippen LogP contribution is 2.37. The summed E-state index contributed by atoms with van der Waals surface area (Å²) in [7, 11) is -4.21. The minimum absolute atomic E-state index is 0.201. The van der Waals surface area contributed by atoms with Crippen molar-refractivity contribution in [3.8, 4) is 0 Å². The van der Waals surface area contributed by atoms with Crippen LogP contribution in [0.4, 0.5) is 18.9 Å². The van der Waals surface area contributed by atoms with E-state index in [1.807, 2.05) is 30.3 Å². The molecule has 0 saturated carbocycles. The summed E-state index contributed by atoms with van der Waals surface area (Å²) in [4.78, 5) is 9.67. The van der Waals surface area contributed by atoms with Crippen LogP contribution < -0.4 is 5.32 Å². The second-order valence-electron chi connectivity index (χ2n) is 7.22. The molecule has 1 aliphatic heterocycles. The number of rotatable bonds is 6. The van der Waals surface area contributed by atoms with Gasteiger partial charge < -0.3 is 5.32 Å². The Morgan fingerprint density at radius 1 is 1.19 bits per heavy atom. The quantitative estimate of drug-likeness (QED) is 0.588. The van der Waals surface area contributed by atoms with Crippen LogP contribution in [0.1, 0.15) is 17.5 Å². The van der Waals surface area contributed by atoms with Gasteiger partial charge in [0.25, 0.3) is 9.84 Å². The molecule has 0 amide bonds. The number of anilines is 1. The van der Waals surface area contributed by atoms with E-state index in [1.54, 1.807) is 0 Å². The number of thiazole rings is 1. The van der Waals surface area contributed by atoms with Crippen molar-refractivity contribution in [2.24, 2.45) is 0 Å². The molecule has 0 bridgehead atoms. The first-order chi connectivity index (χ1) is 14.7. The Hall–Kier alpha value is -2.50. The molecule has 1 aromatic carbocycles. The number of nitrogens with one attached hydrogen (secondary N) is 1. The van der Waals surface area contributed by atoms with E-state index in [1.165, 1.54) is 11.6 Å². The number of aromatic nitrogens is 2. The average Bonchev–Trinajstić information content (AvgIpc) is 3.41. The third-order valence-corrected chi connectivity index (χ3v) is 7.83. The fourth-order valence-electron chi connectivity index (χ4n) is 3.52. The summed E-state index contributed by atoms with van der Waals surface area (Å²) in [6.07, 6.45) is -1.84. The van der Waals surface area contributed by atoms with Crippen molar-refractivity contribution < 1.29 is 21.6 Å². The number of hydrogen-bond donors (Lipinski definition) is 1. The number of likely N-dealkylation sites (tertiary alicyclic amines) is 1. The van der Waals surface area contributed by atoms with Gasteiger partial charge in [-0.15, -0.1) is 11.3 Å². The zero-order valence-electron chi connectivity index (χ0n) is 16.2. The minimum atomic E-state index is -4.74. The van der Waals surface area contributed by atoms with E-state index in [4.69, 9.17) is 0 Å². The molecule has 0 aliphatic carbocycles. The molecule has 2 aromatic heterocycles. The first-order valence-corrected chi connectivity index (χ1v) is 11.8. The minimum Gasteiger partial charge on any atom is -0.379 e. The van der Waals surface area contributed by atoms with Crippen molar-refractivity contribution in [2.45, 2.75) is 34.5 Å². The van der Waals surface area contributed by atoms with E-state index in [0.29, 0.717) is 25.6 Å². The number of sulfone groups is 1. The van der Waals surface area contributed by atoms with Crippen LogP contribution in [0, 0.1) is 0 Å². The van der Waals surface area contributed by atoms with Gasteiger partial charge in [-0.2, -0.15) is 13.2 Å². The first kappa shape index (κ1) is 21.7. The van der Waals surface area contributed by atoms with Crippen LogP contribution >= 0.6 is 11.3 Å². The first-order valence-electron chi connectivity index (χ1n) is 9.48. The molecule has 31 heavy (non-hydrogen) atoms. The van der Waals surface area contributed by atoms with Crippen LogP contribution in [0.25, 0.3) is 0 Å². The lowest BCUT2D eigenvalue weighted by Crippen LogP contribution is -2.27. The van der Waals surface area contributed by atoms with Gasteiger partial charge in [0.15, 0.2) is 5.03 Å². The molecule has 6 nitrogen and oxygen atoms in total. The van der Waals surface area contributed by atoms with E-state index < -0.39 is 26.6 Å². The van der Waals surface area contributed by atoms with Crippen LogP contribution in [0.3, 0.4) is 0 Å². The molecule has 3 heterocycles. The summed E-state index contributed by atoms with van der Waals surface area (Å²) in [5, 5.41) is 3.68. The van der Waals surface area contributed by atoms with Crippen molar-refractivity contribution in [1.29, 1.82) is 0 Å². The highest BCUT2D eigenvalue weighted by atomic mass is 32.2. The van der Waals surface area contributed by atoms with Crippen molar-refractivity contribution in [3.05, 3.63) is 65.3 Å². The molecule has 1 saturated heterocycles. The molecule has 11 heteroatoms. The van der Waals surface area contributed by atoms with Crippen LogP contribution in [-0.2, 0) is 22.6 Å². The monoisotopic (exact) mass is 468 g/mol. The number of benzene rings is 1. The van der Waals surface area contributed by atoms with E-state index in [2.05, 4.69) is 20.2 Å². The Kier molecular flexibility index (Phi) is 6.00. The summed E-state index contributed by atoms with van der Waals surface area (Å²) in [6, 6.07) is 10.2. The van der Waals surface area contributed by atoms with Gasteiger partial charge in [-0.3, -0.25) is 4.90 Å². The topological polar surface area (TPSA) is 75.2 Å². The molecule has 0 spiro atoms. The predicted molar refractivity (Wildman–Crippen MR) is 111 cm³/mol. The third-order valence-electron chi connectivity index (χ3n) is 4.98. The lowest BCUT2D eigenvalue weighted by atomic mass is 10.2. The molecule has 0 unspecified atom stereocenters. The second-order valence-corrected chi connectivity index (χ2v) is 10.2. The van der Waals surface area contributed by atoms with Crippen LogP contribution in [0.5, 0.6) is 0 Å². The van der Waals surface area contributed by atoms with Gasteiger partial charge in [0, 0.05) is 37.3 Å². The molecule has 1 N–H and O–H groups in total. The Morgan fingerprint density at radius 3 is 2.65 bits per heavy atom. The summed E-state index contributed by atoms with van der Waals surface area (Å²) in [5.74, 6) is 0.